The largest absolute Gasteiger partial charge is 0.462 e. The molecule has 1 atom stereocenters. The van der Waals surface area contributed by atoms with Crippen LogP contribution in [0.1, 0.15) is 181 Å². The highest BCUT2D eigenvalue weighted by Crippen LogP contribution is 2.11. The molecule has 0 spiro atoms. The first-order chi connectivity index (χ1) is 28.5. The van der Waals surface area contributed by atoms with Crippen molar-refractivity contribution in [3.8, 4) is 0 Å². The fraction of sp³-hybridized carbons (Fsp3) is 0.596. The summed E-state index contributed by atoms with van der Waals surface area (Å²) in [5, 5.41) is 0. The molecule has 326 valence electrons. The van der Waals surface area contributed by atoms with Crippen LogP contribution in [0.25, 0.3) is 0 Å². The molecule has 0 aliphatic carbocycles. The molecule has 0 aromatic carbocycles. The van der Waals surface area contributed by atoms with Crippen LogP contribution in [0.15, 0.2) is 109 Å². The Kier molecular flexibility index (Phi) is 42.7. The minimum absolute atomic E-state index is 0.124. The topological polar surface area (TPSA) is 78.9 Å². The second-order valence-corrected chi connectivity index (χ2v) is 14.7. The van der Waals surface area contributed by atoms with Gasteiger partial charge in [-0.25, -0.2) is 0 Å². The predicted octanol–water partition coefficient (Wildman–Crippen LogP) is 14.8. The molecule has 0 heterocycles. The molecule has 0 saturated carbocycles. The average molecular weight is 803 g/mol. The molecular weight excluding hydrogens is 721 g/mol. The number of carbonyl (C=O) groups excluding carboxylic acids is 3. The standard InChI is InChI=1S/C52H82O6/c1-4-7-10-13-16-19-22-25-28-30-33-36-39-42-45-51(54)57-48-49(58-52(55)46-43-40-37-34-31-27-24-21-18-15-12-9-6-3)47-56-50(53)44-41-38-35-32-29-26-23-20-17-14-11-8-5-2/h7,9-10,12,15-16,18-19,21,24-29,31,34,37,49H,4-6,8,11,13-14,17,20,22-23,30,32-33,35-36,38-48H2,1-3H3/b10-7+,12-9+,18-15+,19-16+,24-21+,28-25+,29-26+,31-27+,37-34+. The van der Waals surface area contributed by atoms with Crippen LogP contribution < -0.4 is 0 Å². The summed E-state index contributed by atoms with van der Waals surface area (Å²) in [6.07, 6.45) is 60.8. The number of carbonyl (C=O) groups is 3. The van der Waals surface area contributed by atoms with E-state index in [9.17, 15) is 14.4 Å². The van der Waals surface area contributed by atoms with Gasteiger partial charge in [0.25, 0.3) is 0 Å². The van der Waals surface area contributed by atoms with Gasteiger partial charge < -0.3 is 14.2 Å². The Bertz CT molecular complexity index is 1240. The number of ether oxygens (including phenoxy) is 3. The fourth-order valence-electron chi connectivity index (χ4n) is 5.71. The first-order valence-electron chi connectivity index (χ1n) is 23.0. The van der Waals surface area contributed by atoms with Crippen molar-refractivity contribution in [1.82, 2.24) is 0 Å². The minimum Gasteiger partial charge on any atom is -0.462 e. The van der Waals surface area contributed by atoms with Gasteiger partial charge in [-0.15, -0.1) is 0 Å². The highest BCUT2D eigenvalue weighted by atomic mass is 16.6. The Morgan fingerprint density at radius 3 is 1.33 bits per heavy atom. The summed E-state index contributed by atoms with van der Waals surface area (Å²) in [6, 6.07) is 0. The summed E-state index contributed by atoms with van der Waals surface area (Å²) >= 11 is 0. The normalized spacial score (nSPS) is 13.1. The van der Waals surface area contributed by atoms with Crippen LogP contribution in [0.4, 0.5) is 0 Å². The maximum absolute atomic E-state index is 12.7. The quantitative estimate of drug-likeness (QED) is 0.0202. The molecule has 0 rings (SSSR count). The minimum atomic E-state index is -0.830. The lowest BCUT2D eigenvalue weighted by molar-refractivity contribution is -0.167. The zero-order valence-electron chi connectivity index (χ0n) is 37.0. The summed E-state index contributed by atoms with van der Waals surface area (Å²) in [5.74, 6) is -1.05. The van der Waals surface area contributed by atoms with Gasteiger partial charge in [0.15, 0.2) is 6.10 Å². The van der Waals surface area contributed by atoms with E-state index in [-0.39, 0.29) is 31.6 Å². The van der Waals surface area contributed by atoms with Gasteiger partial charge in [-0.2, -0.15) is 0 Å². The van der Waals surface area contributed by atoms with Crippen LogP contribution in [0.3, 0.4) is 0 Å². The smallest absolute Gasteiger partial charge is 0.306 e. The van der Waals surface area contributed by atoms with E-state index in [0.29, 0.717) is 19.3 Å². The number of allylic oxidation sites excluding steroid dienone is 18. The third kappa shape index (κ3) is 43.2. The average Bonchev–Trinajstić information content (AvgIpc) is 3.22. The Labute approximate surface area is 355 Å². The van der Waals surface area contributed by atoms with E-state index in [1.54, 1.807) is 0 Å². The zero-order valence-corrected chi connectivity index (χ0v) is 37.0. The number of unbranched alkanes of at least 4 members (excludes halogenated alkanes) is 14. The monoisotopic (exact) mass is 803 g/mol. The van der Waals surface area contributed by atoms with Crippen molar-refractivity contribution < 1.29 is 28.6 Å². The van der Waals surface area contributed by atoms with E-state index >= 15 is 0 Å². The summed E-state index contributed by atoms with van der Waals surface area (Å²) in [6.45, 7) is 6.24. The lowest BCUT2D eigenvalue weighted by Crippen LogP contribution is -2.30. The van der Waals surface area contributed by atoms with Gasteiger partial charge in [-0.1, -0.05) is 182 Å². The van der Waals surface area contributed by atoms with Gasteiger partial charge in [-0.05, 0) is 89.9 Å². The van der Waals surface area contributed by atoms with Crippen molar-refractivity contribution in [3.63, 3.8) is 0 Å². The Hall–Kier alpha value is -3.93. The van der Waals surface area contributed by atoms with Crippen LogP contribution in [0.2, 0.25) is 0 Å². The van der Waals surface area contributed by atoms with E-state index in [1.807, 2.05) is 54.7 Å². The summed E-state index contributed by atoms with van der Waals surface area (Å²) in [5.41, 5.74) is 0. The lowest BCUT2D eigenvalue weighted by atomic mass is 10.1. The van der Waals surface area contributed by atoms with Gasteiger partial charge >= 0.3 is 17.9 Å². The number of hydrogen-bond acceptors (Lipinski definition) is 6. The van der Waals surface area contributed by atoms with E-state index in [1.165, 1.54) is 38.5 Å². The van der Waals surface area contributed by atoms with Crippen LogP contribution in [0, 0.1) is 0 Å². The molecule has 0 amide bonds. The van der Waals surface area contributed by atoms with Gasteiger partial charge in [0, 0.05) is 19.3 Å². The van der Waals surface area contributed by atoms with Gasteiger partial charge in [0.2, 0.25) is 0 Å². The van der Waals surface area contributed by atoms with Crippen molar-refractivity contribution in [2.45, 2.75) is 187 Å². The van der Waals surface area contributed by atoms with Crippen molar-refractivity contribution in [2.75, 3.05) is 13.2 Å². The Balaban J connectivity index is 4.58. The third-order valence-electron chi connectivity index (χ3n) is 9.12. The molecular formula is C52H82O6. The van der Waals surface area contributed by atoms with Gasteiger partial charge in [0.05, 0.1) is 0 Å². The molecule has 6 heteroatoms. The molecule has 0 saturated heterocycles. The van der Waals surface area contributed by atoms with Gasteiger partial charge in [-0.3, -0.25) is 14.4 Å². The first-order valence-corrected chi connectivity index (χ1v) is 23.0. The number of esters is 3. The van der Waals surface area contributed by atoms with Crippen LogP contribution in [-0.2, 0) is 28.6 Å². The number of rotatable bonds is 39. The van der Waals surface area contributed by atoms with Crippen LogP contribution >= 0.6 is 0 Å². The van der Waals surface area contributed by atoms with E-state index in [4.69, 9.17) is 14.2 Å². The van der Waals surface area contributed by atoms with Crippen molar-refractivity contribution in [1.29, 1.82) is 0 Å². The maximum Gasteiger partial charge on any atom is 0.306 e. The zero-order chi connectivity index (χ0) is 42.3. The first kappa shape index (κ1) is 54.1. The molecule has 0 bridgehead atoms. The maximum atomic E-state index is 12.7. The molecule has 0 N–H and O–H groups in total. The Morgan fingerprint density at radius 1 is 0.379 bits per heavy atom. The highest BCUT2D eigenvalue weighted by Gasteiger charge is 2.19. The van der Waals surface area contributed by atoms with Crippen LogP contribution in [-0.4, -0.2) is 37.2 Å². The van der Waals surface area contributed by atoms with E-state index in [2.05, 4.69) is 75.5 Å². The second kappa shape index (κ2) is 45.8. The molecule has 0 aromatic heterocycles. The fourth-order valence-corrected chi connectivity index (χ4v) is 5.71. The van der Waals surface area contributed by atoms with Crippen LogP contribution in [0.5, 0.6) is 0 Å². The molecule has 0 aromatic rings. The summed E-state index contributed by atoms with van der Waals surface area (Å²) in [7, 11) is 0. The molecule has 1 unspecified atom stereocenters. The molecule has 6 nitrogen and oxygen atoms in total. The third-order valence-corrected chi connectivity index (χ3v) is 9.12. The van der Waals surface area contributed by atoms with Crippen molar-refractivity contribution >= 4 is 17.9 Å². The number of hydrogen-bond donors (Lipinski definition) is 0. The molecule has 0 radical (unpaired) electrons. The Morgan fingerprint density at radius 2 is 0.776 bits per heavy atom. The van der Waals surface area contributed by atoms with Gasteiger partial charge in [0.1, 0.15) is 13.2 Å². The van der Waals surface area contributed by atoms with E-state index in [0.717, 1.165) is 96.3 Å². The lowest BCUT2D eigenvalue weighted by Gasteiger charge is -2.18. The van der Waals surface area contributed by atoms with Crippen molar-refractivity contribution in [2.24, 2.45) is 0 Å². The molecule has 58 heavy (non-hydrogen) atoms. The molecule has 0 fully saturated rings. The van der Waals surface area contributed by atoms with E-state index < -0.39 is 12.1 Å². The summed E-state index contributed by atoms with van der Waals surface area (Å²) in [4.78, 5) is 37.7. The van der Waals surface area contributed by atoms with Crippen molar-refractivity contribution in [3.05, 3.63) is 109 Å². The highest BCUT2D eigenvalue weighted by molar-refractivity contribution is 5.71. The molecule has 0 aliphatic heterocycles. The SMILES string of the molecule is CC/C=C/C=C/C=C/C=C/C=C/CCCC(=O)OC(COC(=O)CCCCC/C=C/CCCCCCCC)COC(=O)CCCCCC/C=C/C/C=C/C/C=C/CC. The molecule has 0 aliphatic rings. The second-order valence-electron chi connectivity index (χ2n) is 14.7. The summed E-state index contributed by atoms with van der Waals surface area (Å²) < 4.78 is 16.6. The predicted molar refractivity (Wildman–Crippen MR) is 247 cm³/mol.